The highest BCUT2D eigenvalue weighted by Gasteiger charge is 2.30. The number of carbonyl (C=O) groups is 6. The van der Waals surface area contributed by atoms with Crippen molar-refractivity contribution in [2.24, 2.45) is 11.5 Å². The van der Waals surface area contributed by atoms with Crippen molar-refractivity contribution in [1.82, 2.24) is 26.6 Å². The predicted molar refractivity (Wildman–Crippen MR) is 175 cm³/mol. The number of nitrogens with one attached hydrogen (secondary N) is 5. The molecule has 49 heavy (non-hydrogen) atoms. The number of carbonyl (C=O) groups excluding carboxylic acids is 6. The van der Waals surface area contributed by atoms with E-state index in [1.807, 2.05) is 27.7 Å². The molecule has 0 aliphatic carbocycles. The van der Waals surface area contributed by atoms with Crippen molar-refractivity contribution < 1.29 is 61.2 Å². The number of aliphatic hydroxyl groups is 1. The van der Waals surface area contributed by atoms with E-state index in [9.17, 15) is 42.3 Å². The number of rotatable bonds is 24. The summed E-state index contributed by atoms with van der Waals surface area (Å²) in [5, 5.41) is 21.1. The van der Waals surface area contributed by atoms with E-state index < -0.39 is 93.9 Å². The molecule has 6 amide bonds. The number of nitrogens with two attached hydrogens (primary N) is 2. The van der Waals surface area contributed by atoms with E-state index in [1.54, 1.807) is 0 Å². The van der Waals surface area contributed by atoms with Crippen LogP contribution in [0.1, 0.15) is 47.0 Å². The summed E-state index contributed by atoms with van der Waals surface area (Å²) >= 11 is 0. The molecule has 0 rings (SSSR count). The molecule has 0 aromatic rings. The normalized spacial score (nSPS) is 13.6. The lowest BCUT2D eigenvalue weighted by Gasteiger charge is -2.30. The number of primary amides is 1. The Morgan fingerprint density at radius 1 is 0.837 bits per heavy atom. The maximum absolute atomic E-state index is 12.7. The van der Waals surface area contributed by atoms with Gasteiger partial charge in [0.2, 0.25) is 23.6 Å². The second kappa shape index (κ2) is 22.0. The molecular formula is C28H53N7O13S. The first-order valence-electron chi connectivity index (χ1n) is 15.4. The van der Waals surface area contributed by atoms with Gasteiger partial charge in [-0.1, -0.05) is 0 Å². The van der Waals surface area contributed by atoms with E-state index in [0.29, 0.717) is 19.4 Å². The summed E-state index contributed by atoms with van der Waals surface area (Å²) in [7, 11) is -1.67. The smallest absolute Gasteiger partial charge is 0.407 e. The van der Waals surface area contributed by atoms with E-state index in [2.05, 4.69) is 26.6 Å². The van der Waals surface area contributed by atoms with Gasteiger partial charge in [0.15, 0.2) is 15.9 Å². The SMILES string of the molecule is CNC(=O)OC[C@H](CS(=O)(=O)C[C@H](N)C(=O)N[C@@H](CO)C(=O)NCCOC(C)(C)CCOC(C)(C)CCC(=O)NCC(N)=O)OC(=O)NC. The Morgan fingerprint density at radius 3 is 2.00 bits per heavy atom. The largest absolute Gasteiger partial charge is 0.446 e. The predicted octanol–water partition coefficient (Wildman–Crippen LogP) is -3.24. The third-order valence-electron chi connectivity index (χ3n) is 6.61. The van der Waals surface area contributed by atoms with Crippen LogP contribution in [0.5, 0.6) is 0 Å². The number of aliphatic hydroxyl groups excluding tert-OH is 1. The fourth-order valence-electron chi connectivity index (χ4n) is 3.77. The maximum Gasteiger partial charge on any atom is 0.407 e. The van der Waals surface area contributed by atoms with Crippen molar-refractivity contribution in [3.63, 3.8) is 0 Å². The Morgan fingerprint density at radius 2 is 1.43 bits per heavy atom. The Balaban J connectivity index is 4.76. The molecule has 3 atom stereocenters. The van der Waals surface area contributed by atoms with Crippen molar-refractivity contribution in [1.29, 1.82) is 0 Å². The second-order valence-electron chi connectivity index (χ2n) is 12.1. The first kappa shape index (κ1) is 45.2. The van der Waals surface area contributed by atoms with Gasteiger partial charge in [-0.05, 0) is 40.5 Å². The number of hydrogen-bond acceptors (Lipinski definition) is 14. The molecule has 0 bridgehead atoms. The minimum atomic E-state index is -4.18. The summed E-state index contributed by atoms with van der Waals surface area (Å²) < 4.78 is 46.8. The van der Waals surface area contributed by atoms with Gasteiger partial charge in [0.05, 0.1) is 55.1 Å². The molecular weight excluding hydrogens is 674 g/mol. The molecule has 0 aliphatic rings. The Kier molecular flexibility index (Phi) is 20.3. The van der Waals surface area contributed by atoms with E-state index >= 15 is 0 Å². The van der Waals surface area contributed by atoms with Crippen LogP contribution in [-0.4, -0.2) is 144 Å². The minimum Gasteiger partial charge on any atom is -0.446 e. The lowest BCUT2D eigenvalue weighted by molar-refractivity contribution is -0.130. The lowest BCUT2D eigenvalue weighted by Crippen LogP contribution is -2.55. The van der Waals surface area contributed by atoms with Gasteiger partial charge in [0, 0.05) is 27.1 Å². The molecule has 0 unspecified atom stereocenters. The van der Waals surface area contributed by atoms with Gasteiger partial charge in [0.25, 0.3) is 0 Å². The highest BCUT2D eigenvalue weighted by molar-refractivity contribution is 7.91. The molecule has 10 N–H and O–H groups in total. The first-order chi connectivity index (χ1) is 22.7. The van der Waals surface area contributed by atoms with Crippen molar-refractivity contribution in [2.45, 2.75) is 76.3 Å². The Bertz CT molecular complexity index is 1220. The lowest BCUT2D eigenvalue weighted by atomic mass is 10.0. The van der Waals surface area contributed by atoms with Crippen molar-refractivity contribution in [2.75, 3.05) is 65.1 Å². The average Bonchev–Trinajstić information content (AvgIpc) is 3.01. The first-order valence-corrected chi connectivity index (χ1v) is 17.2. The molecule has 0 spiro atoms. The van der Waals surface area contributed by atoms with Gasteiger partial charge in [0.1, 0.15) is 12.6 Å². The molecule has 0 aromatic carbocycles. The zero-order chi connectivity index (χ0) is 37.8. The molecule has 0 saturated carbocycles. The van der Waals surface area contributed by atoms with Gasteiger partial charge in [-0.3, -0.25) is 19.2 Å². The monoisotopic (exact) mass is 727 g/mol. The minimum absolute atomic E-state index is 0.00663. The fourth-order valence-corrected chi connectivity index (χ4v) is 5.34. The van der Waals surface area contributed by atoms with Crippen molar-refractivity contribution in [3.05, 3.63) is 0 Å². The molecule has 0 fully saturated rings. The van der Waals surface area contributed by atoms with Gasteiger partial charge < -0.3 is 62.1 Å². The van der Waals surface area contributed by atoms with Crippen LogP contribution < -0.4 is 38.1 Å². The number of sulfone groups is 1. The average molecular weight is 728 g/mol. The van der Waals surface area contributed by atoms with Crippen LogP contribution >= 0.6 is 0 Å². The second-order valence-corrected chi connectivity index (χ2v) is 14.2. The molecule has 284 valence electrons. The molecule has 0 aliphatic heterocycles. The number of alkyl carbamates (subject to hydrolysis) is 2. The number of amides is 6. The van der Waals surface area contributed by atoms with Crippen LogP contribution in [0, 0.1) is 0 Å². The van der Waals surface area contributed by atoms with E-state index in [0.717, 1.165) is 0 Å². The standard InChI is InChI=1S/C28H53N7O13S/c1-27(2,8-7-22(38)34-13-21(30)37)46-11-9-28(3,4)47-12-10-33-24(40)20(14-36)35-23(39)19(29)17-49(43,44)16-18(48-26(42)32-6)15-45-25(41)31-5/h18-20,36H,7-17,29H2,1-6H3,(H2,30,37)(H,31,41)(H,32,42)(H,33,40)(H,34,38)(H,35,39)/t18-,19+,20+/m1/s1. The summed E-state index contributed by atoms with van der Waals surface area (Å²) in [6, 6.07) is -3.12. The summed E-state index contributed by atoms with van der Waals surface area (Å²) in [4.78, 5) is 70.7. The van der Waals surface area contributed by atoms with Crippen LogP contribution in [0.2, 0.25) is 0 Å². The van der Waals surface area contributed by atoms with E-state index in [4.69, 9.17) is 30.4 Å². The van der Waals surface area contributed by atoms with Crippen molar-refractivity contribution >= 4 is 45.7 Å². The van der Waals surface area contributed by atoms with Crippen molar-refractivity contribution in [3.8, 4) is 0 Å². The van der Waals surface area contributed by atoms with Crippen LogP contribution in [-0.2, 0) is 48.0 Å². The van der Waals surface area contributed by atoms with E-state index in [-0.39, 0.29) is 32.0 Å². The number of ether oxygens (including phenoxy) is 4. The van der Waals surface area contributed by atoms with E-state index in [1.165, 1.54) is 14.1 Å². The third kappa shape index (κ3) is 21.7. The Hall–Kier alpha value is -3.79. The Labute approximate surface area is 286 Å². The van der Waals surface area contributed by atoms with Crippen LogP contribution in [0.4, 0.5) is 9.59 Å². The zero-order valence-corrected chi connectivity index (χ0v) is 29.7. The topological polar surface area (TPSA) is 306 Å². The summed E-state index contributed by atoms with van der Waals surface area (Å²) in [6.45, 7) is 6.01. The van der Waals surface area contributed by atoms with Gasteiger partial charge in [-0.2, -0.15) is 0 Å². The highest BCUT2D eigenvalue weighted by Crippen LogP contribution is 2.20. The van der Waals surface area contributed by atoms with Gasteiger partial charge in [-0.25, -0.2) is 18.0 Å². The molecule has 0 aromatic heterocycles. The molecule has 20 nitrogen and oxygen atoms in total. The quantitative estimate of drug-likeness (QED) is 0.0454. The summed E-state index contributed by atoms with van der Waals surface area (Å²) in [5.41, 5.74) is 9.48. The number of hydrogen-bond donors (Lipinski definition) is 8. The summed E-state index contributed by atoms with van der Waals surface area (Å²) in [5.74, 6) is -4.52. The maximum atomic E-state index is 12.7. The molecule has 0 heterocycles. The fraction of sp³-hybridized carbons (Fsp3) is 0.786. The van der Waals surface area contributed by atoms with Gasteiger partial charge in [-0.15, -0.1) is 0 Å². The molecule has 21 heteroatoms. The molecule has 0 saturated heterocycles. The molecule has 0 radical (unpaired) electrons. The van der Waals surface area contributed by atoms with Crippen LogP contribution in [0.15, 0.2) is 0 Å². The van der Waals surface area contributed by atoms with Gasteiger partial charge >= 0.3 is 12.2 Å². The highest BCUT2D eigenvalue weighted by atomic mass is 32.2. The zero-order valence-electron chi connectivity index (χ0n) is 28.9. The third-order valence-corrected chi connectivity index (χ3v) is 8.36. The van der Waals surface area contributed by atoms with Crippen LogP contribution in [0.25, 0.3) is 0 Å². The van der Waals surface area contributed by atoms with Crippen LogP contribution in [0.3, 0.4) is 0 Å². The summed E-state index contributed by atoms with van der Waals surface area (Å²) in [6.07, 6.45) is -2.28.